The highest BCUT2D eigenvalue weighted by Crippen LogP contribution is 2.38. The van der Waals surface area contributed by atoms with E-state index < -0.39 is 12.5 Å². The topological polar surface area (TPSA) is 76.2 Å². The van der Waals surface area contributed by atoms with Crippen LogP contribution in [0.25, 0.3) is 0 Å². The Morgan fingerprint density at radius 1 is 1.39 bits per heavy atom. The molecule has 170 valence electrons. The predicted molar refractivity (Wildman–Crippen MR) is 112 cm³/mol. The number of aryl methyl sites for hydroxylation is 1. The summed E-state index contributed by atoms with van der Waals surface area (Å²) in [6, 6.07) is 2.60. The number of nitrogens with zero attached hydrogens (tertiary/aromatic N) is 4. The van der Waals surface area contributed by atoms with E-state index in [9.17, 15) is 13.6 Å². The molecule has 2 aromatic heterocycles. The van der Waals surface area contributed by atoms with Gasteiger partial charge in [0.05, 0.1) is 11.9 Å². The maximum absolute atomic E-state index is 13.9. The number of nitrogens with one attached hydrogen (secondary N) is 1. The van der Waals surface area contributed by atoms with E-state index in [0.717, 1.165) is 18.5 Å². The highest BCUT2D eigenvalue weighted by atomic mass is 19.3. The van der Waals surface area contributed by atoms with Gasteiger partial charge in [0.15, 0.2) is 0 Å². The second-order valence-electron chi connectivity index (χ2n) is 9.72. The van der Waals surface area contributed by atoms with Crippen molar-refractivity contribution >= 4 is 11.7 Å². The first-order valence-electron chi connectivity index (χ1n) is 11.0. The Hall–Kier alpha value is -2.45. The minimum Gasteiger partial charge on any atom is -0.367 e. The van der Waals surface area contributed by atoms with Gasteiger partial charge in [-0.1, -0.05) is 25.9 Å². The first kappa shape index (κ1) is 21.8. The van der Waals surface area contributed by atoms with Crippen LogP contribution in [-0.2, 0) is 16.6 Å². The normalized spacial score (nSPS) is 24.2. The molecule has 1 unspecified atom stereocenters. The molecular weight excluding hydrogens is 404 g/mol. The van der Waals surface area contributed by atoms with Crippen molar-refractivity contribution in [2.75, 3.05) is 18.4 Å². The fourth-order valence-electron chi connectivity index (χ4n) is 4.57. The van der Waals surface area contributed by atoms with Crippen LogP contribution in [0.1, 0.15) is 64.0 Å². The molecule has 1 fully saturated rings. The standard InChI is InChI=1S/C22H31F2N5O2/c1-22(2,3)18-12-19-26-16(11-17(21(23)24)29(19)27-18)14-5-4-10-28(13-14)20(30)7-6-15-8-9-25-31-15/h8-9,12,14,16-17,21,26H,4-7,10-11,13H2,1-3H3/t14?,16-,17+/m0/s1. The third-order valence-corrected chi connectivity index (χ3v) is 6.39. The van der Waals surface area contributed by atoms with Gasteiger partial charge in [-0.3, -0.25) is 4.79 Å². The number of hydrogen-bond donors (Lipinski definition) is 1. The Balaban J connectivity index is 1.45. The Morgan fingerprint density at radius 3 is 2.87 bits per heavy atom. The second-order valence-corrected chi connectivity index (χ2v) is 9.72. The van der Waals surface area contributed by atoms with Crippen LogP contribution in [0.2, 0.25) is 0 Å². The molecule has 1 amide bonds. The Bertz CT molecular complexity index is 890. The van der Waals surface area contributed by atoms with Crippen LogP contribution in [-0.4, -0.2) is 51.3 Å². The number of carbonyl (C=O) groups excluding carboxylic acids is 1. The first-order valence-corrected chi connectivity index (χ1v) is 11.0. The van der Waals surface area contributed by atoms with Crippen LogP contribution in [0, 0.1) is 5.92 Å². The van der Waals surface area contributed by atoms with Crippen molar-refractivity contribution in [3.8, 4) is 0 Å². The molecule has 7 nitrogen and oxygen atoms in total. The summed E-state index contributed by atoms with van der Waals surface area (Å²) < 4.78 is 34.4. The Kier molecular flexibility index (Phi) is 6.03. The lowest BCUT2D eigenvalue weighted by Gasteiger charge is -2.41. The zero-order valence-corrected chi connectivity index (χ0v) is 18.4. The van der Waals surface area contributed by atoms with E-state index in [2.05, 4.69) is 15.6 Å². The smallest absolute Gasteiger partial charge is 0.260 e. The van der Waals surface area contributed by atoms with E-state index in [4.69, 9.17) is 4.52 Å². The minimum atomic E-state index is -2.49. The van der Waals surface area contributed by atoms with Crippen molar-refractivity contribution < 1.29 is 18.1 Å². The number of halogens is 2. The largest absolute Gasteiger partial charge is 0.367 e. The number of rotatable bonds is 5. The maximum Gasteiger partial charge on any atom is 0.260 e. The van der Waals surface area contributed by atoms with E-state index in [1.807, 2.05) is 31.7 Å². The lowest BCUT2D eigenvalue weighted by molar-refractivity contribution is -0.133. The summed E-state index contributed by atoms with van der Waals surface area (Å²) in [6.07, 6.45) is 2.06. The number of hydrogen-bond acceptors (Lipinski definition) is 5. The number of anilines is 1. The number of carbonyl (C=O) groups is 1. The van der Waals surface area contributed by atoms with Gasteiger partial charge in [0.1, 0.15) is 17.6 Å². The molecule has 1 saturated heterocycles. The van der Waals surface area contributed by atoms with Gasteiger partial charge in [-0.05, 0) is 25.2 Å². The van der Waals surface area contributed by atoms with Crippen molar-refractivity contribution in [1.29, 1.82) is 0 Å². The molecule has 0 bridgehead atoms. The third-order valence-electron chi connectivity index (χ3n) is 6.39. The quantitative estimate of drug-likeness (QED) is 0.767. The molecule has 0 aliphatic carbocycles. The van der Waals surface area contributed by atoms with E-state index in [1.165, 1.54) is 4.68 Å². The molecule has 31 heavy (non-hydrogen) atoms. The van der Waals surface area contributed by atoms with Crippen molar-refractivity contribution in [1.82, 2.24) is 19.8 Å². The van der Waals surface area contributed by atoms with Crippen molar-refractivity contribution in [3.63, 3.8) is 0 Å². The van der Waals surface area contributed by atoms with Gasteiger partial charge >= 0.3 is 0 Å². The monoisotopic (exact) mass is 435 g/mol. The van der Waals surface area contributed by atoms with Crippen molar-refractivity contribution in [2.24, 2.45) is 5.92 Å². The van der Waals surface area contributed by atoms with Crippen LogP contribution >= 0.6 is 0 Å². The fourth-order valence-corrected chi connectivity index (χ4v) is 4.57. The van der Waals surface area contributed by atoms with E-state index in [0.29, 0.717) is 43.9 Å². The number of fused-ring (bicyclic) bond motifs is 1. The van der Waals surface area contributed by atoms with Crippen molar-refractivity contribution in [2.45, 2.75) is 76.8 Å². The van der Waals surface area contributed by atoms with E-state index >= 15 is 0 Å². The highest BCUT2D eigenvalue weighted by molar-refractivity contribution is 5.76. The van der Waals surface area contributed by atoms with Gasteiger partial charge in [0.25, 0.3) is 6.43 Å². The number of amides is 1. The van der Waals surface area contributed by atoms with Gasteiger partial charge in [-0.25, -0.2) is 13.5 Å². The van der Waals surface area contributed by atoms with Gasteiger partial charge in [-0.2, -0.15) is 5.10 Å². The van der Waals surface area contributed by atoms with Crippen molar-refractivity contribution in [3.05, 3.63) is 29.8 Å². The van der Waals surface area contributed by atoms with Crippen LogP contribution in [0.4, 0.5) is 14.6 Å². The third kappa shape index (κ3) is 4.75. The average Bonchev–Trinajstić information content (AvgIpc) is 3.40. The molecule has 0 spiro atoms. The molecule has 0 aromatic carbocycles. The molecule has 1 N–H and O–H groups in total. The maximum atomic E-state index is 13.9. The van der Waals surface area contributed by atoms with Gasteiger partial charge in [0, 0.05) is 49.5 Å². The summed E-state index contributed by atoms with van der Waals surface area (Å²) in [5, 5.41) is 11.6. The summed E-state index contributed by atoms with van der Waals surface area (Å²) >= 11 is 0. The zero-order chi connectivity index (χ0) is 22.2. The predicted octanol–water partition coefficient (Wildman–Crippen LogP) is 4.03. The van der Waals surface area contributed by atoms with Gasteiger partial charge in [-0.15, -0.1) is 0 Å². The van der Waals surface area contributed by atoms with E-state index in [-0.39, 0.29) is 23.3 Å². The highest BCUT2D eigenvalue weighted by Gasteiger charge is 2.39. The van der Waals surface area contributed by atoms with Crippen LogP contribution in [0.5, 0.6) is 0 Å². The fraction of sp³-hybridized carbons (Fsp3) is 0.682. The minimum absolute atomic E-state index is 0.0716. The summed E-state index contributed by atoms with van der Waals surface area (Å²) in [5.74, 6) is 1.55. The van der Waals surface area contributed by atoms with Crippen LogP contribution in [0.15, 0.2) is 22.9 Å². The molecule has 2 aromatic rings. The van der Waals surface area contributed by atoms with Gasteiger partial charge in [0.2, 0.25) is 5.91 Å². The Labute approximate surface area is 181 Å². The molecular formula is C22H31F2N5O2. The number of aromatic nitrogens is 3. The summed E-state index contributed by atoms with van der Waals surface area (Å²) in [7, 11) is 0. The molecule has 3 atom stereocenters. The second kappa shape index (κ2) is 8.59. The average molecular weight is 436 g/mol. The molecule has 0 radical (unpaired) electrons. The summed E-state index contributed by atoms with van der Waals surface area (Å²) in [6.45, 7) is 7.38. The number of alkyl halides is 2. The SMILES string of the molecule is CC(C)(C)c1cc2n(n1)[C@@H](C(F)F)C[C@@H](C1CCCN(C(=O)CCc3ccno3)C1)N2. The lowest BCUT2D eigenvalue weighted by Crippen LogP contribution is -2.48. The molecule has 9 heteroatoms. The molecule has 0 saturated carbocycles. The lowest BCUT2D eigenvalue weighted by atomic mass is 9.85. The number of piperidine rings is 1. The molecule has 2 aliphatic heterocycles. The molecule has 4 heterocycles. The first-order chi connectivity index (χ1) is 14.7. The van der Waals surface area contributed by atoms with Crippen LogP contribution in [0.3, 0.4) is 0 Å². The Morgan fingerprint density at radius 2 is 2.19 bits per heavy atom. The van der Waals surface area contributed by atoms with Gasteiger partial charge < -0.3 is 14.7 Å². The van der Waals surface area contributed by atoms with Crippen LogP contribution < -0.4 is 5.32 Å². The summed E-state index contributed by atoms with van der Waals surface area (Å²) in [5.41, 5.74) is 0.584. The molecule has 4 rings (SSSR count). The van der Waals surface area contributed by atoms with E-state index in [1.54, 1.807) is 12.3 Å². The summed E-state index contributed by atoms with van der Waals surface area (Å²) in [4.78, 5) is 14.6. The molecule has 2 aliphatic rings. The zero-order valence-electron chi connectivity index (χ0n) is 18.4. The number of likely N-dealkylation sites (tertiary alicyclic amines) is 1.